The highest BCUT2D eigenvalue weighted by atomic mass is 35.5. The molecule has 1 unspecified atom stereocenters. The molecule has 10 heteroatoms. The summed E-state index contributed by atoms with van der Waals surface area (Å²) in [7, 11) is 0. The lowest BCUT2D eigenvalue weighted by molar-refractivity contribution is -0.142. The third-order valence-corrected chi connectivity index (χ3v) is 6.68. The molecule has 29 heavy (non-hydrogen) atoms. The number of carboxylic acid groups (broad SMARTS) is 1. The van der Waals surface area contributed by atoms with Crippen molar-refractivity contribution >= 4 is 73.9 Å². The number of rotatable bonds is 4. The lowest BCUT2D eigenvalue weighted by Crippen LogP contribution is -2.46. The van der Waals surface area contributed by atoms with Gasteiger partial charge in [0.1, 0.15) is 16.3 Å². The quantitative estimate of drug-likeness (QED) is 0.520. The van der Waals surface area contributed by atoms with Gasteiger partial charge in [-0.1, -0.05) is 40.9 Å². The molecule has 1 N–H and O–H groups in total. The Labute approximate surface area is 184 Å². The first-order valence-electron chi connectivity index (χ1n) is 8.48. The minimum absolute atomic E-state index is 0.138. The lowest BCUT2D eigenvalue weighted by Gasteiger charge is -2.33. The Hall–Kier alpha value is -2.06. The van der Waals surface area contributed by atoms with E-state index in [9.17, 15) is 9.59 Å². The number of ether oxygens (including phenoxy) is 1. The summed E-state index contributed by atoms with van der Waals surface area (Å²) in [5, 5.41) is 10.5. The number of aryl methyl sites for hydroxylation is 1. The Morgan fingerprint density at radius 3 is 2.76 bits per heavy atom. The van der Waals surface area contributed by atoms with Crippen molar-refractivity contribution in [1.82, 2.24) is 4.98 Å². The second kappa shape index (κ2) is 7.65. The molecule has 0 bridgehead atoms. The highest BCUT2D eigenvalue weighted by Crippen LogP contribution is 2.40. The van der Waals surface area contributed by atoms with Crippen molar-refractivity contribution in [2.75, 3.05) is 4.90 Å². The van der Waals surface area contributed by atoms with Gasteiger partial charge in [0.25, 0.3) is 5.91 Å². The fourth-order valence-electron chi connectivity index (χ4n) is 3.11. The zero-order valence-corrected chi connectivity index (χ0v) is 18.0. The molecule has 1 aliphatic rings. The highest BCUT2D eigenvalue weighted by molar-refractivity contribution is 7.18. The number of anilines is 1. The highest BCUT2D eigenvalue weighted by Gasteiger charge is 2.36. The first-order chi connectivity index (χ1) is 13.7. The van der Waals surface area contributed by atoms with E-state index >= 15 is 0 Å². The van der Waals surface area contributed by atoms with Crippen LogP contribution < -0.4 is 9.64 Å². The topological polar surface area (TPSA) is 79.7 Å². The second-order valence-electron chi connectivity index (χ2n) is 6.54. The van der Waals surface area contributed by atoms with E-state index in [1.54, 1.807) is 18.2 Å². The van der Waals surface area contributed by atoms with Crippen LogP contribution in [-0.2, 0) is 16.1 Å². The van der Waals surface area contributed by atoms with Gasteiger partial charge in [0.15, 0.2) is 6.10 Å². The largest absolute Gasteiger partial charge is 0.481 e. The molecule has 0 radical (unpaired) electrons. The number of aromatic nitrogens is 1. The van der Waals surface area contributed by atoms with Gasteiger partial charge in [-0.2, -0.15) is 0 Å². The minimum Gasteiger partial charge on any atom is -0.481 e. The van der Waals surface area contributed by atoms with E-state index in [1.165, 1.54) is 16.2 Å². The number of fused-ring (bicyclic) bond motifs is 2. The molecule has 0 saturated carbocycles. The van der Waals surface area contributed by atoms with Gasteiger partial charge in [0.05, 0.1) is 38.4 Å². The second-order valence-corrected chi connectivity index (χ2v) is 8.82. The molecular weight excluding hydrogens is 459 g/mol. The molecule has 3 aromatic rings. The summed E-state index contributed by atoms with van der Waals surface area (Å²) in [5.41, 5.74) is 2.00. The van der Waals surface area contributed by atoms with Crippen LogP contribution in [0.1, 0.15) is 17.0 Å². The first-order valence-corrected chi connectivity index (χ1v) is 10.4. The van der Waals surface area contributed by atoms with Crippen LogP contribution in [0.4, 0.5) is 5.69 Å². The molecule has 0 spiro atoms. The Bertz CT molecular complexity index is 1160. The van der Waals surface area contributed by atoms with Crippen LogP contribution in [0.2, 0.25) is 15.1 Å². The molecular formula is C19H13Cl3N2O4S. The van der Waals surface area contributed by atoms with Gasteiger partial charge in [0, 0.05) is 0 Å². The van der Waals surface area contributed by atoms with Crippen molar-refractivity contribution in [3.8, 4) is 5.75 Å². The number of halogens is 3. The van der Waals surface area contributed by atoms with Crippen molar-refractivity contribution < 1.29 is 19.4 Å². The molecule has 2 aromatic carbocycles. The van der Waals surface area contributed by atoms with E-state index < -0.39 is 24.4 Å². The summed E-state index contributed by atoms with van der Waals surface area (Å²) in [6.45, 7) is 2.03. The lowest BCUT2D eigenvalue weighted by atomic mass is 10.1. The maximum Gasteiger partial charge on any atom is 0.307 e. The van der Waals surface area contributed by atoms with Gasteiger partial charge in [-0.25, -0.2) is 4.98 Å². The van der Waals surface area contributed by atoms with Crippen LogP contribution in [-0.4, -0.2) is 28.1 Å². The molecule has 2 heterocycles. The fourth-order valence-corrected chi connectivity index (χ4v) is 4.88. The smallest absolute Gasteiger partial charge is 0.307 e. The maximum absolute atomic E-state index is 12.9. The number of carbonyl (C=O) groups is 2. The predicted molar refractivity (Wildman–Crippen MR) is 114 cm³/mol. The Morgan fingerprint density at radius 1 is 1.28 bits per heavy atom. The number of hydrogen-bond donors (Lipinski definition) is 1. The first kappa shape index (κ1) is 20.2. The summed E-state index contributed by atoms with van der Waals surface area (Å²) < 4.78 is 6.41. The standard InChI is InChI=1S/C19H13Cl3N2O4S/c1-8-2-3-10-11(4-8)28-12(6-15(25)26)19(27)24(10)7-14-23-18-13(29-14)5-9(20)16(21)17(18)22/h2-5,12H,6-7H2,1H3,(H,25,26). The summed E-state index contributed by atoms with van der Waals surface area (Å²) in [6, 6.07) is 7.08. The minimum atomic E-state index is -1.12. The fraction of sp³-hybridized carbons (Fsp3) is 0.211. The monoisotopic (exact) mass is 470 g/mol. The molecule has 1 amide bonds. The number of nitrogens with zero attached hydrogens (tertiary/aromatic N) is 2. The molecule has 4 rings (SSSR count). The van der Waals surface area contributed by atoms with Crippen molar-refractivity contribution in [2.45, 2.75) is 26.0 Å². The number of benzene rings is 2. The molecule has 1 atom stereocenters. The average Bonchev–Trinajstić information content (AvgIpc) is 3.05. The van der Waals surface area contributed by atoms with Gasteiger partial charge in [-0.3, -0.25) is 14.5 Å². The van der Waals surface area contributed by atoms with E-state index in [-0.39, 0.29) is 16.6 Å². The van der Waals surface area contributed by atoms with E-state index in [0.717, 1.165) is 10.3 Å². The van der Waals surface area contributed by atoms with Crippen molar-refractivity contribution in [3.63, 3.8) is 0 Å². The molecule has 150 valence electrons. The van der Waals surface area contributed by atoms with E-state index in [0.29, 0.717) is 27.0 Å². The molecule has 1 aromatic heterocycles. The molecule has 1 aliphatic heterocycles. The number of amides is 1. The molecule has 0 aliphatic carbocycles. The van der Waals surface area contributed by atoms with Crippen molar-refractivity contribution in [1.29, 1.82) is 0 Å². The predicted octanol–water partition coefficient (Wildman–Crippen LogP) is 5.33. The number of aliphatic carboxylic acids is 1. The van der Waals surface area contributed by atoms with Gasteiger partial charge < -0.3 is 9.84 Å². The maximum atomic E-state index is 12.9. The number of hydrogen-bond acceptors (Lipinski definition) is 5. The van der Waals surface area contributed by atoms with Crippen LogP contribution in [0.15, 0.2) is 24.3 Å². The Morgan fingerprint density at radius 2 is 2.03 bits per heavy atom. The average molecular weight is 472 g/mol. The van der Waals surface area contributed by atoms with Gasteiger partial charge in [-0.15, -0.1) is 11.3 Å². The van der Waals surface area contributed by atoms with Crippen LogP contribution in [0.5, 0.6) is 5.75 Å². The van der Waals surface area contributed by atoms with E-state index in [2.05, 4.69) is 4.98 Å². The van der Waals surface area contributed by atoms with Gasteiger partial charge >= 0.3 is 5.97 Å². The van der Waals surface area contributed by atoms with Crippen LogP contribution >= 0.6 is 46.1 Å². The number of carboxylic acids is 1. The van der Waals surface area contributed by atoms with E-state index in [4.69, 9.17) is 44.6 Å². The van der Waals surface area contributed by atoms with Crippen LogP contribution in [0, 0.1) is 6.92 Å². The SMILES string of the molecule is Cc1ccc2c(c1)OC(CC(=O)O)C(=O)N2Cc1nc2c(Cl)c(Cl)c(Cl)cc2s1. The van der Waals surface area contributed by atoms with E-state index in [1.807, 2.05) is 13.0 Å². The Balaban J connectivity index is 1.75. The Kier molecular flexibility index (Phi) is 5.33. The number of carbonyl (C=O) groups excluding carboxylic acids is 1. The van der Waals surface area contributed by atoms with Crippen molar-refractivity contribution in [3.05, 3.63) is 49.9 Å². The van der Waals surface area contributed by atoms with Gasteiger partial charge in [0.2, 0.25) is 0 Å². The third-order valence-electron chi connectivity index (χ3n) is 4.44. The molecule has 0 saturated heterocycles. The third kappa shape index (κ3) is 3.75. The van der Waals surface area contributed by atoms with Crippen LogP contribution in [0.25, 0.3) is 10.2 Å². The van der Waals surface area contributed by atoms with Gasteiger partial charge in [-0.05, 0) is 30.7 Å². The normalized spacial score (nSPS) is 16.1. The van der Waals surface area contributed by atoms with Crippen LogP contribution in [0.3, 0.4) is 0 Å². The summed E-state index contributed by atoms with van der Waals surface area (Å²) in [4.78, 5) is 30.1. The summed E-state index contributed by atoms with van der Waals surface area (Å²) in [6.07, 6.45) is -1.54. The summed E-state index contributed by atoms with van der Waals surface area (Å²) in [5.74, 6) is -1.10. The molecule has 6 nitrogen and oxygen atoms in total. The summed E-state index contributed by atoms with van der Waals surface area (Å²) >= 11 is 19.8. The number of thiazole rings is 1. The zero-order valence-electron chi connectivity index (χ0n) is 14.9. The molecule has 0 fully saturated rings. The zero-order chi connectivity index (χ0) is 20.9. The van der Waals surface area contributed by atoms with Crippen molar-refractivity contribution in [2.24, 2.45) is 0 Å².